The van der Waals surface area contributed by atoms with Gasteiger partial charge in [0.05, 0.1) is 25.4 Å². The molecule has 0 aliphatic carbocycles. The Hall–Kier alpha value is -2.44. The van der Waals surface area contributed by atoms with Gasteiger partial charge in [0.15, 0.2) is 0 Å². The van der Waals surface area contributed by atoms with E-state index in [0.717, 1.165) is 16.7 Å². The monoisotopic (exact) mass is 341 g/mol. The largest absolute Gasteiger partial charge is 0.388 e. The molecule has 1 aromatic heterocycles. The van der Waals surface area contributed by atoms with Crippen molar-refractivity contribution in [3.8, 4) is 11.1 Å². The maximum Gasteiger partial charge on any atom is 0.254 e. The Bertz CT molecular complexity index is 761. The predicted octanol–water partition coefficient (Wildman–Crippen LogP) is 1.86. The van der Waals surface area contributed by atoms with Crippen molar-refractivity contribution in [3.05, 3.63) is 47.7 Å². The van der Waals surface area contributed by atoms with E-state index >= 15 is 0 Å². The van der Waals surface area contributed by atoms with E-state index in [9.17, 15) is 9.90 Å². The van der Waals surface area contributed by atoms with Crippen molar-refractivity contribution in [2.75, 3.05) is 25.5 Å². The van der Waals surface area contributed by atoms with Gasteiger partial charge in [-0.1, -0.05) is 12.1 Å². The van der Waals surface area contributed by atoms with Crippen LogP contribution in [0.2, 0.25) is 0 Å². The van der Waals surface area contributed by atoms with Crippen LogP contribution >= 0.6 is 0 Å². The molecule has 1 aliphatic rings. The van der Waals surface area contributed by atoms with E-state index in [0.29, 0.717) is 24.5 Å². The van der Waals surface area contributed by atoms with Crippen LogP contribution in [0.1, 0.15) is 22.8 Å². The number of aliphatic hydroxyl groups excluding tert-OH is 1. The van der Waals surface area contributed by atoms with E-state index < -0.39 is 6.10 Å². The molecule has 132 valence electrons. The van der Waals surface area contributed by atoms with Crippen LogP contribution in [0.3, 0.4) is 0 Å². The van der Waals surface area contributed by atoms with Gasteiger partial charge in [0, 0.05) is 23.9 Å². The number of anilines is 1. The number of hydrogen-bond acceptors (Lipinski definition) is 5. The lowest BCUT2D eigenvalue weighted by atomic mass is 10.0. The highest BCUT2D eigenvalue weighted by Crippen LogP contribution is 2.23. The number of nitrogen functional groups attached to an aromatic ring is 1. The third-order valence-electron chi connectivity index (χ3n) is 4.61. The standard InChI is InChI=1S/C19H23N3O3/c1-3-22(16-10-25-11-17(16)23)19(24)14-6-4-13(5-7-14)15-8-12(2)18(20)21-9-15/h4-9,16-17,23H,3,10-11H2,1-2H3,(H2,20,21)/t16-,17-/m0/s1. The molecule has 3 rings (SSSR count). The number of ether oxygens (including phenoxy) is 1. The van der Waals surface area contributed by atoms with E-state index in [4.69, 9.17) is 10.5 Å². The highest BCUT2D eigenvalue weighted by molar-refractivity contribution is 5.95. The summed E-state index contributed by atoms with van der Waals surface area (Å²) in [6.07, 6.45) is 1.09. The first-order valence-corrected chi connectivity index (χ1v) is 8.40. The first kappa shape index (κ1) is 17.4. The molecule has 2 aromatic rings. The van der Waals surface area contributed by atoms with Gasteiger partial charge < -0.3 is 20.5 Å². The molecule has 0 unspecified atom stereocenters. The van der Waals surface area contributed by atoms with Crippen LogP contribution in [0.4, 0.5) is 5.82 Å². The van der Waals surface area contributed by atoms with Gasteiger partial charge in [-0.3, -0.25) is 4.79 Å². The quantitative estimate of drug-likeness (QED) is 0.886. The zero-order chi connectivity index (χ0) is 18.0. The number of amides is 1. The lowest BCUT2D eigenvalue weighted by Crippen LogP contribution is -2.46. The van der Waals surface area contributed by atoms with Crippen LogP contribution in [0.5, 0.6) is 0 Å². The summed E-state index contributed by atoms with van der Waals surface area (Å²) in [5.74, 6) is 0.418. The van der Waals surface area contributed by atoms with Crippen LogP contribution in [0.15, 0.2) is 36.5 Å². The Morgan fingerprint density at radius 1 is 1.32 bits per heavy atom. The molecular formula is C19H23N3O3. The fraction of sp³-hybridized carbons (Fsp3) is 0.368. The van der Waals surface area contributed by atoms with Crippen LogP contribution in [0, 0.1) is 6.92 Å². The Balaban J connectivity index is 1.81. The second-order valence-corrected chi connectivity index (χ2v) is 6.27. The average Bonchev–Trinajstić information content (AvgIpc) is 3.04. The second kappa shape index (κ2) is 7.21. The molecule has 0 bridgehead atoms. The van der Waals surface area contributed by atoms with Gasteiger partial charge in [0.1, 0.15) is 5.82 Å². The van der Waals surface area contributed by atoms with Crippen molar-refractivity contribution >= 4 is 11.7 Å². The smallest absolute Gasteiger partial charge is 0.254 e. The van der Waals surface area contributed by atoms with Gasteiger partial charge in [0.25, 0.3) is 5.91 Å². The number of likely N-dealkylation sites (N-methyl/N-ethyl adjacent to an activating group) is 1. The molecule has 6 nitrogen and oxygen atoms in total. The Morgan fingerprint density at radius 2 is 2.04 bits per heavy atom. The number of aliphatic hydroxyl groups is 1. The fourth-order valence-corrected chi connectivity index (χ4v) is 3.07. The summed E-state index contributed by atoms with van der Waals surface area (Å²) in [6, 6.07) is 9.08. The molecule has 2 heterocycles. The van der Waals surface area contributed by atoms with Gasteiger partial charge in [-0.25, -0.2) is 4.98 Å². The molecule has 1 aromatic carbocycles. The first-order chi connectivity index (χ1) is 12.0. The van der Waals surface area contributed by atoms with Crippen LogP contribution in [-0.4, -0.2) is 52.8 Å². The number of pyridine rings is 1. The molecule has 0 spiro atoms. The van der Waals surface area contributed by atoms with Gasteiger partial charge in [-0.2, -0.15) is 0 Å². The third kappa shape index (κ3) is 3.50. The highest BCUT2D eigenvalue weighted by Gasteiger charge is 2.34. The predicted molar refractivity (Wildman–Crippen MR) is 96.1 cm³/mol. The number of hydrogen-bond donors (Lipinski definition) is 2. The fourth-order valence-electron chi connectivity index (χ4n) is 3.07. The lowest BCUT2D eigenvalue weighted by Gasteiger charge is -2.28. The van der Waals surface area contributed by atoms with Crippen molar-refractivity contribution in [1.82, 2.24) is 9.88 Å². The summed E-state index contributed by atoms with van der Waals surface area (Å²) in [6.45, 7) is 4.98. The molecule has 0 saturated carbocycles. The Morgan fingerprint density at radius 3 is 2.60 bits per heavy atom. The SMILES string of the molecule is CCN(C(=O)c1ccc(-c2cnc(N)c(C)c2)cc1)[C@H]1COC[C@@H]1O. The Kier molecular flexibility index (Phi) is 5.01. The maximum atomic E-state index is 12.8. The number of rotatable bonds is 4. The molecule has 1 amide bonds. The van der Waals surface area contributed by atoms with Crippen molar-refractivity contribution in [2.45, 2.75) is 26.0 Å². The van der Waals surface area contributed by atoms with Gasteiger partial charge >= 0.3 is 0 Å². The number of benzene rings is 1. The normalized spacial score (nSPS) is 19.8. The van der Waals surface area contributed by atoms with Crippen molar-refractivity contribution in [3.63, 3.8) is 0 Å². The van der Waals surface area contributed by atoms with Crippen molar-refractivity contribution < 1.29 is 14.6 Å². The summed E-state index contributed by atoms with van der Waals surface area (Å²) in [5.41, 5.74) is 9.20. The van der Waals surface area contributed by atoms with E-state index in [1.165, 1.54) is 0 Å². The first-order valence-electron chi connectivity index (χ1n) is 8.40. The van der Waals surface area contributed by atoms with Gasteiger partial charge in [-0.05, 0) is 43.2 Å². The lowest BCUT2D eigenvalue weighted by molar-refractivity contribution is 0.0520. The van der Waals surface area contributed by atoms with E-state index in [1.807, 2.05) is 32.0 Å². The van der Waals surface area contributed by atoms with E-state index in [2.05, 4.69) is 4.98 Å². The summed E-state index contributed by atoms with van der Waals surface area (Å²) >= 11 is 0. The summed E-state index contributed by atoms with van der Waals surface area (Å²) in [7, 11) is 0. The Labute approximate surface area is 147 Å². The van der Waals surface area contributed by atoms with Gasteiger partial charge in [-0.15, -0.1) is 0 Å². The molecule has 25 heavy (non-hydrogen) atoms. The van der Waals surface area contributed by atoms with Crippen LogP contribution < -0.4 is 5.73 Å². The second-order valence-electron chi connectivity index (χ2n) is 6.27. The molecule has 2 atom stereocenters. The molecule has 1 aliphatic heterocycles. The minimum Gasteiger partial charge on any atom is -0.388 e. The average molecular weight is 341 g/mol. The van der Waals surface area contributed by atoms with Crippen molar-refractivity contribution in [1.29, 1.82) is 0 Å². The zero-order valence-corrected chi connectivity index (χ0v) is 14.5. The number of nitrogens with zero attached hydrogens (tertiary/aromatic N) is 2. The number of carbonyl (C=O) groups excluding carboxylic acids is 1. The minimum atomic E-state index is -0.632. The minimum absolute atomic E-state index is 0.102. The maximum absolute atomic E-state index is 12.8. The number of nitrogens with two attached hydrogens (primary N) is 1. The summed E-state index contributed by atoms with van der Waals surface area (Å²) in [5, 5.41) is 9.99. The van der Waals surface area contributed by atoms with Crippen LogP contribution in [-0.2, 0) is 4.74 Å². The topological polar surface area (TPSA) is 88.7 Å². The molecule has 1 fully saturated rings. The zero-order valence-electron chi connectivity index (χ0n) is 14.5. The molecular weight excluding hydrogens is 318 g/mol. The number of aryl methyl sites for hydroxylation is 1. The molecule has 0 radical (unpaired) electrons. The molecule has 1 saturated heterocycles. The molecule has 6 heteroatoms. The molecule has 3 N–H and O–H groups in total. The number of carbonyl (C=O) groups is 1. The van der Waals surface area contributed by atoms with Crippen LogP contribution in [0.25, 0.3) is 11.1 Å². The third-order valence-corrected chi connectivity index (χ3v) is 4.61. The summed E-state index contributed by atoms with van der Waals surface area (Å²) < 4.78 is 5.27. The van der Waals surface area contributed by atoms with Crippen molar-refractivity contribution in [2.24, 2.45) is 0 Å². The van der Waals surface area contributed by atoms with Gasteiger partial charge in [0.2, 0.25) is 0 Å². The van der Waals surface area contributed by atoms with E-state index in [-0.39, 0.29) is 18.6 Å². The van der Waals surface area contributed by atoms with E-state index in [1.54, 1.807) is 23.2 Å². The highest BCUT2D eigenvalue weighted by atomic mass is 16.5. The number of aromatic nitrogens is 1. The summed E-state index contributed by atoms with van der Waals surface area (Å²) in [4.78, 5) is 18.6.